The quantitative estimate of drug-likeness (QED) is 0.435. The van der Waals surface area contributed by atoms with Crippen LogP contribution in [0.25, 0.3) is 0 Å². The van der Waals surface area contributed by atoms with Crippen LogP contribution in [0.2, 0.25) is 43.9 Å². The zero-order valence-corrected chi connectivity index (χ0v) is 16.1. The van der Waals surface area contributed by atoms with Crippen molar-refractivity contribution in [2.24, 2.45) is 11.8 Å². The van der Waals surface area contributed by atoms with E-state index in [1.807, 2.05) is 0 Å². The fourth-order valence-corrected chi connectivity index (χ4v) is 14.2. The lowest BCUT2D eigenvalue weighted by Crippen LogP contribution is -2.58. The van der Waals surface area contributed by atoms with Crippen LogP contribution in [0.3, 0.4) is 0 Å². The summed E-state index contributed by atoms with van der Waals surface area (Å²) in [6, 6.07) is 0. The van der Waals surface area contributed by atoms with Crippen LogP contribution in [-0.2, 0) is 9.53 Å². The molecule has 2 bridgehead atoms. The normalized spacial score (nSPS) is 29.9. The lowest BCUT2D eigenvalue weighted by Gasteiger charge is -2.47. The molecule has 4 heteroatoms. The number of rotatable bonds is 4. The Labute approximate surface area is 126 Å². The molecule has 0 aromatic carbocycles. The van der Waals surface area contributed by atoms with E-state index in [1.54, 1.807) is 0 Å². The largest absolute Gasteiger partial charge is 0.462 e. The van der Waals surface area contributed by atoms with E-state index < -0.39 is 16.1 Å². The number of carbonyl (C=O) groups is 1. The first-order valence-corrected chi connectivity index (χ1v) is 14.9. The van der Waals surface area contributed by atoms with Crippen molar-refractivity contribution < 1.29 is 9.53 Å². The minimum absolute atomic E-state index is 0.0989. The predicted molar refractivity (Wildman–Crippen MR) is 90.3 cm³/mol. The molecule has 20 heavy (non-hydrogen) atoms. The van der Waals surface area contributed by atoms with Gasteiger partial charge in [-0.25, -0.2) is 0 Å². The van der Waals surface area contributed by atoms with Crippen LogP contribution in [0.1, 0.15) is 19.8 Å². The van der Waals surface area contributed by atoms with Crippen LogP contribution in [0.4, 0.5) is 0 Å². The van der Waals surface area contributed by atoms with Gasteiger partial charge in [-0.2, -0.15) is 0 Å². The standard InChI is InChI=1S/C16H30O2Si2/c1-16(19(2,3)4,20(5,6)7)15(17)18-14-11-12-8-9-13(14)10-12/h8-9,12-14H,10-11H2,1-7H3. The van der Waals surface area contributed by atoms with Crippen LogP contribution in [0.15, 0.2) is 12.2 Å². The fourth-order valence-electron chi connectivity index (χ4n) is 3.86. The van der Waals surface area contributed by atoms with Crippen molar-refractivity contribution in [3.63, 3.8) is 0 Å². The van der Waals surface area contributed by atoms with Gasteiger partial charge < -0.3 is 4.74 Å². The maximum absolute atomic E-state index is 13.0. The first-order chi connectivity index (χ1) is 8.97. The third-order valence-corrected chi connectivity index (χ3v) is 16.8. The van der Waals surface area contributed by atoms with Crippen LogP contribution in [0, 0.1) is 11.8 Å². The molecule has 2 nitrogen and oxygen atoms in total. The Bertz CT molecular complexity index is 415. The van der Waals surface area contributed by atoms with Crippen LogP contribution < -0.4 is 0 Å². The van der Waals surface area contributed by atoms with Gasteiger partial charge >= 0.3 is 5.97 Å². The second-order valence-electron chi connectivity index (χ2n) is 8.85. The molecule has 3 atom stereocenters. The lowest BCUT2D eigenvalue weighted by atomic mass is 10.0. The van der Waals surface area contributed by atoms with Crippen molar-refractivity contribution in [2.45, 2.75) is 69.8 Å². The summed E-state index contributed by atoms with van der Waals surface area (Å²) in [7, 11) is -3.27. The molecule has 0 saturated heterocycles. The topological polar surface area (TPSA) is 26.3 Å². The first kappa shape index (κ1) is 16.0. The minimum Gasteiger partial charge on any atom is -0.462 e. The number of ether oxygens (including phenoxy) is 1. The van der Waals surface area contributed by atoms with Gasteiger partial charge in [-0.15, -0.1) is 0 Å². The molecule has 0 aromatic rings. The van der Waals surface area contributed by atoms with Gasteiger partial charge in [-0.3, -0.25) is 4.79 Å². The van der Waals surface area contributed by atoms with Gasteiger partial charge in [0.15, 0.2) is 0 Å². The van der Waals surface area contributed by atoms with Gasteiger partial charge in [-0.05, 0) is 18.8 Å². The summed E-state index contributed by atoms with van der Waals surface area (Å²) in [4.78, 5) is 13.0. The lowest BCUT2D eigenvalue weighted by molar-refractivity contribution is -0.151. The molecule has 1 saturated carbocycles. The molecule has 0 amide bonds. The van der Waals surface area contributed by atoms with Crippen molar-refractivity contribution in [2.75, 3.05) is 0 Å². The van der Waals surface area contributed by atoms with Gasteiger partial charge in [-0.1, -0.05) is 58.4 Å². The summed E-state index contributed by atoms with van der Waals surface area (Å²) in [5, 5.41) is 0. The van der Waals surface area contributed by atoms with Gasteiger partial charge in [0.05, 0.1) is 20.8 Å². The summed E-state index contributed by atoms with van der Waals surface area (Å²) in [5.74, 6) is 1.24. The molecule has 0 aromatic heterocycles. The molecule has 0 N–H and O–H groups in total. The van der Waals surface area contributed by atoms with E-state index in [9.17, 15) is 4.79 Å². The van der Waals surface area contributed by atoms with E-state index in [2.05, 4.69) is 58.4 Å². The van der Waals surface area contributed by atoms with Crippen molar-refractivity contribution in [1.82, 2.24) is 0 Å². The van der Waals surface area contributed by atoms with Crippen LogP contribution in [0.5, 0.6) is 0 Å². The molecule has 0 heterocycles. The average Bonchev–Trinajstić information content (AvgIpc) is 2.86. The van der Waals surface area contributed by atoms with Gasteiger partial charge in [0, 0.05) is 5.92 Å². The molecule has 2 aliphatic carbocycles. The second-order valence-corrected chi connectivity index (χ2v) is 20.3. The van der Waals surface area contributed by atoms with Crippen molar-refractivity contribution in [3.8, 4) is 0 Å². The van der Waals surface area contributed by atoms with Gasteiger partial charge in [0.1, 0.15) is 6.10 Å². The Kier molecular flexibility index (Phi) is 3.87. The number of esters is 1. The molecule has 0 aliphatic heterocycles. The smallest absolute Gasteiger partial charge is 0.306 e. The summed E-state index contributed by atoms with van der Waals surface area (Å²) in [6.45, 7) is 16.1. The summed E-state index contributed by atoms with van der Waals surface area (Å²) in [5.41, 5.74) is 0. The molecule has 0 radical (unpaired) electrons. The van der Waals surface area contributed by atoms with Crippen molar-refractivity contribution in [3.05, 3.63) is 12.2 Å². The maximum atomic E-state index is 13.0. The van der Waals surface area contributed by atoms with E-state index in [4.69, 9.17) is 4.74 Å². The third-order valence-electron chi connectivity index (χ3n) is 5.88. The second kappa shape index (κ2) is 4.84. The minimum atomic E-state index is -1.63. The van der Waals surface area contributed by atoms with Crippen molar-refractivity contribution >= 4 is 22.1 Å². The molecule has 3 unspecified atom stereocenters. The Morgan fingerprint density at radius 1 is 1.05 bits per heavy atom. The molecule has 2 rings (SSSR count). The highest BCUT2D eigenvalue weighted by Crippen LogP contribution is 2.49. The van der Waals surface area contributed by atoms with Crippen LogP contribution >= 0.6 is 0 Å². The average molecular weight is 311 g/mol. The SMILES string of the molecule is CC(C(=O)OC1CC2C=CC1C2)([Si](C)(C)C)[Si](C)(C)C. The van der Waals surface area contributed by atoms with Crippen molar-refractivity contribution in [1.29, 1.82) is 0 Å². The Morgan fingerprint density at radius 2 is 1.60 bits per heavy atom. The number of allylic oxidation sites excluding steroid dienone is 1. The van der Waals surface area contributed by atoms with E-state index in [-0.39, 0.29) is 16.7 Å². The molecule has 1 fully saturated rings. The summed E-state index contributed by atoms with van der Waals surface area (Å²) < 4.78 is 5.83. The molecular formula is C16H30O2Si2. The first-order valence-electron chi connectivity index (χ1n) is 7.86. The Morgan fingerprint density at radius 3 is 1.95 bits per heavy atom. The van der Waals surface area contributed by atoms with Gasteiger partial charge in [0.2, 0.25) is 0 Å². The Balaban J connectivity index is 2.18. The summed E-state index contributed by atoms with van der Waals surface area (Å²) in [6.07, 6.45) is 6.93. The third kappa shape index (κ3) is 2.45. The monoisotopic (exact) mass is 310 g/mol. The van der Waals surface area contributed by atoms with Crippen LogP contribution in [-0.4, -0.2) is 28.2 Å². The zero-order valence-electron chi connectivity index (χ0n) is 14.1. The fraction of sp³-hybridized carbons (Fsp3) is 0.812. The number of fused-ring (bicyclic) bond motifs is 2. The Hall–Kier alpha value is -0.356. The number of hydrogen-bond donors (Lipinski definition) is 0. The van der Waals surface area contributed by atoms with E-state index >= 15 is 0 Å². The zero-order chi connectivity index (χ0) is 15.3. The van der Waals surface area contributed by atoms with E-state index in [0.717, 1.165) is 6.42 Å². The molecular weight excluding hydrogens is 280 g/mol. The number of hydrogen-bond acceptors (Lipinski definition) is 2. The van der Waals surface area contributed by atoms with E-state index in [0.29, 0.717) is 11.8 Å². The molecule has 2 aliphatic rings. The predicted octanol–water partition coefficient (Wildman–Crippen LogP) is 4.47. The molecule has 0 spiro atoms. The maximum Gasteiger partial charge on any atom is 0.306 e. The molecule has 114 valence electrons. The highest BCUT2D eigenvalue weighted by molar-refractivity contribution is 7.02. The highest BCUT2D eigenvalue weighted by atomic mass is 28.4. The number of carbonyl (C=O) groups excluding carboxylic acids is 1. The van der Waals surface area contributed by atoms with Gasteiger partial charge in [0.25, 0.3) is 0 Å². The highest BCUT2D eigenvalue weighted by Gasteiger charge is 2.56. The summed E-state index contributed by atoms with van der Waals surface area (Å²) >= 11 is 0. The van der Waals surface area contributed by atoms with E-state index in [1.165, 1.54) is 6.42 Å².